The topological polar surface area (TPSA) is 78.6 Å². The van der Waals surface area contributed by atoms with Crippen molar-refractivity contribution in [1.82, 2.24) is 5.32 Å². The number of aliphatic hydroxyl groups excluding tert-OH is 1. The number of nitrogens with one attached hydrogen (secondary N) is 1. The third kappa shape index (κ3) is 4.15. The Labute approximate surface area is 123 Å². The smallest absolute Gasteiger partial charge is 0.236 e. The molecule has 1 aromatic carbocycles. The number of nitrogens with two attached hydrogens (primary N) is 1. The summed E-state index contributed by atoms with van der Waals surface area (Å²) >= 11 is 0. The highest BCUT2D eigenvalue weighted by Gasteiger charge is 2.19. The number of amides is 1. The minimum atomic E-state index is -0.575. The number of carbonyl (C=O) groups is 1. The van der Waals surface area contributed by atoms with Crippen molar-refractivity contribution in [3.63, 3.8) is 0 Å². The molecule has 0 aromatic heterocycles. The van der Waals surface area contributed by atoms with Crippen LogP contribution in [-0.2, 0) is 11.3 Å². The molecule has 0 radical (unpaired) electrons. The summed E-state index contributed by atoms with van der Waals surface area (Å²) in [6.45, 7) is 3.16. The van der Waals surface area contributed by atoms with Gasteiger partial charge in [-0.2, -0.15) is 0 Å². The number of hydrogen-bond donors (Lipinski definition) is 3. The monoisotopic (exact) mass is 295 g/mol. The van der Waals surface area contributed by atoms with E-state index < -0.39 is 6.04 Å². The van der Waals surface area contributed by atoms with Crippen LogP contribution in [0.5, 0.6) is 0 Å². The van der Waals surface area contributed by atoms with Crippen LogP contribution < -0.4 is 16.0 Å². The second kappa shape index (κ2) is 6.87. The summed E-state index contributed by atoms with van der Waals surface area (Å²) in [5.74, 6) is -0.566. The van der Waals surface area contributed by atoms with Crippen LogP contribution in [0.4, 0.5) is 10.1 Å². The van der Waals surface area contributed by atoms with Crippen LogP contribution in [0, 0.1) is 5.82 Å². The van der Waals surface area contributed by atoms with E-state index in [1.54, 1.807) is 19.1 Å². The predicted octanol–water partition coefficient (Wildman–Crippen LogP) is 0.750. The summed E-state index contributed by atoms with van der Waals surface area (Å²) < 4.78 is 14.2. The summed E-state index contributed by atoms with van der Waals surface area (Å²) in [5, 5.41) is 12.1. The fourth-order valence-electron chi connectivity index (χ4n) is 2.37. The van der Waals surface area contributed by atoms with Crippen molar-refractivity contribution in [2.75, 3.05) is 18.0 Å². The molecule has 21 heavy (non-hydrogen) atoms. The first-order valence-corrected chi connectivity index (χ1v) is 7.22. The van der Waals surface area contributed by atoms with Crippen molar-refractivity contribution in [3.05, 3.63) is 29.6 Å². The van der Waals surface area contributed by atoms with Gasteiger partial charge in [-0.05, 0) is 37.5 Å². The van der Waals surface area contributed by atoms with Gasteiger partial charge in [-0.25, -0.2) is 4.39 Å². The van der Waals surface area contributed by atoms with Crippen molar-refractivity contribution in [3.8, 4) is 0 Å². The lowest BCUT2D eigenvalue weighted by atomic mass is 10.1. The lowest BCUT2D eigenvalue weighted by Gasteiger charge is -2.31. The fraction of sp³-hybridized carbons (Fsp3) is 0.533. The molecule has 116 valence electrons. The zero-order valence-electron chi connectivity index (χ0n) is 12.2. The van der Waals surface area contributed by atoms with E-state index in [0.29, 0.717) is 37.2 Å². The van der Waals surface area contributed by atoms with Gasteiger partial charge < -0.3 is 21.1 Å². The van der Waals surface area contributed by atoms with Gasteiger partial charge in [0.2, 0.25) is 5.91 Å². The molecule has 1 fully saturated rings. The van der Waals surface area contributed by atoms with Gasteiger partial charge in [0.25, 0.3) is 0 Å². The Morgan fingerprint density at radius 1 is 1.52 bits per heavy atom. The van der Waals surface area contributed by atoms with E-state index in [1.807, 2.05) is 4.90 Å². The summed E-state index contributed by atoms with van der Waals surface area (Å²) in [7, 11) is 0. The molecule has 5 nitrogen and oxygen atoms in total. The van der Waals surface area contributed by atoms with Crippen molar-refractivity contribution >= 4 is 11.6 Å². The summed E-state index contributed by atoms with van der Waals surface area (Å²) in [6.07, 6.45) is 1.04. The van der Waals surface area contributed by atoms with Crippen LogP contribution in [0.1, 0.15) is 25.3 Å². The molecule has 0 saturated carbocycles. The first kappa shape index (κ1) is 15.7. The molecule has 2 rings (SSSR count). The van der Waals surface area contributed by atoms with E-state index in [1.165, 1.54) is 6.07 Å². The first-order chi connectivity index (χ1) is 9.97. The molecule has 1 amide bonds. The lowest BCUT2D eigenvalue weighted by molar-refractivity contribution is -0.122. The number of benzene rings is 1. The number of piperidine rings is 1. The number of rotatable bonds is 4. The van der Waals surface area contributed by atoms with E-state index >= 15 is 0 Å². The van der Waals surface area contributed by atoms with Gasteiger partial charge >= 0.3 is 0 Å². The molecule has 1 heterocycles. The van der Waals surface area contributed by atoms with Crippen LogP contribution in [0.2, 0.25) is 0 Å². The van der Waals surface area contributed by atoms with Gasteiger partial charge in [-0.3, -0.25) is 4.79 Å². The molecule has 1 aliphatic heterocycles. The van der Waals surface area contributed by atoms with Crippen molar-refractivity contribution in [2.45, 2.75) is 38.5 Å². The number of halogens is 1. The van der Waals surface area contributed by atoms with Gasteiger partial charge in [0, 0.05) is 19.6 Å². The normalized spacial score (nSPS) is 17.6. The van der Waals surface area contributed by atoms with Crippen LogP contribution in [0.25, 0.3) is 0 Å². The molecule has 1 atom stereocenters. The molecule has 0 spiro atoms. The molecule has 0 unspecified atom stereocenters. The Bertz CT molecular complexity index is 500. The maximum atomic E-state index is 14.2. The quantitative estimate of drug-likeness (QED) is 0.766. The minimum Gasteiger partial charge on any atom is -0.393 e. The molecular formula is C15H22FN3O2. The average Bonchev–Trinajstić information content (AvgIpc) is 2.46. The van der Waals surface area contributed by atoms with E-state index in [0.717, 1.165) is 0 Å². The summed E-state index contributed by atoms with van der Waals surface area (Å²) in [6, 6.07) is 4.38. The molecule has 1 aliphatic rings. The second-order valence-corrected chi connectivity index (χ2v) is 5.51. The number of aliphatic hydroxyl groups is 1. The highest BCUT2D eigenvalue weighted by Crippen LogP contribution is 2.24. The Kier molecular flexibility index (Phi) is 5.14. The van der Waals surface area contributed by atoms with Crippen LogP contribution in [-0.4, -0.2) is 36.2 Å². The average molecular weight is 295 g/mol. The van der Waals surface area contributed by atoms with E-state index in [4.69, 9.17) is 5.73 Å². The molecule has 0 bridgehead atoms. The SMILES string of the molecule is C[C@@H](N)C(=O)NCc1ccc(N2CCC(O)CC2)c(F)c1. The standard InChI is InChI=1S/C15H22FN3O2/c1-10(17)15(21)18-9-11-2-3-14(13(16)8-11)19-6-4-12(20)5-7-19/h2-3,8,10,12,20H,4-7,9,17H2,1H3,(H,18,21)/t10-/m1/s1. The maximum Gasteiger partial charge on any atom is 0.236 e. The third-order valence-corrected chi connectivity index (χ3v) is 3.70. The number of anilines is 1. The molecule has 1 aromatic rings. The summed E-state index contributed by atoms with van der Waals surface area (Å²) in [5.41, 5.74) is 6.69. The molecule has 0 aliphatic carbocycles. The van der Waals surface area contributed by atoms with Gasteiger partial charge in [-0.15, -0.1) is 0 Å². The van der Waals surface area contributed by atoms with E-state index in [2.05, 4.69) is 5.32 Å². The van der Waals surface area contributed by atoms with E-state index in [-0.39, 0.29) is 24.4 Å². The van der Waals surface area contributed by atoms with Gasteiger partial charge in [0.1, 0.15) is 5.82 Å². The van der Waals surface area contributed by atoms with E-state index in [9.17, 15) is 14.3 Å². The van der Waals surface area contributed by atoms with Crippen molar-refractivity contribution in [2.24, 2.45) is 5.73 Å². The molecular weight excluding hydrogens is 273 g/mol. The Hall–Kier alpha value is -1.66. The summed E-state index contributed by atoms with van der Waals surface area (Å²) in [4.78, 5) is 13.3. The number of nitrogens with zero attached hydrogens (tertiary/aromatic N) is 1. The highest BCUT2D eigenvalue weighted by atomic mass is 19.1. The zero-order valence-corrected chi connectivity index (χ0v) is 12.2. The lowest BCUT2D eigenvalue weighted by Crippen LogP contribution is -2.38. The second-order valence-electron chi connectivity index (χ2n) is 5.51. The van der Waals surface area contributed by atoms with Crippen LogP contribution in [0.15, 0.2) is 18.2 Å². The van der Waals surface area contributed by atoms with Gasteiger partial charge in [-0.1, -0.05) is 6.07 Å². The molecule has 4 N–H and O–H groups in total. The largest absolute Gasteiger partial charge is 0.393 e. The Morgan fingerprint density at radius 3 is 2.76 bits per heavy atom. The van der Waals surface area contributed by atoms with Crippen LogP contribution in [0.3, 0.4) is 0 Å². The van der Waals surface area contributed by atoms with Crippen molar-refractivity contribution < 1.29 is 14.3 Å². The first-order valence-electron chi connectivity index (χ1n) is 7.22. The third-order valence-electron chi connectivity index (χ3n) is 3.70. The maximum absolute atomic E-state index is 14.2. The molecule has 6 heteroatoms. The zero-order chi connectivity index (χ0) is 15.4. The number of carbonyl (C=O) groups excluding carboxylic acids is 1. The van der Waals surface area contributed by atoms with Gasteiger partial charge in [0.05, 0.1) is 17.8 Å². The van der Waals surface area contributed by atoms with Crippen molar-refractivity contribution in [1.29, 1.82) is 0 Å². The minimum absolute atomic E-state index is 0.260. The number of hydrogen-bond acceptors (Lipinski definition) is 4. The fourth-order valence-corrected chi connectivity index (χ4v) is 2.37. The van der Waals surface area contributed by atoms with Gasteiger partial charge in [0.15, 0.2) is 0 Å². The Balaban J connectivity index is 1.99. The molecule has 1 saturated heterocycles. The highest BCUT2D eigenvalue weighted by molar-refractivity contribution is 5.80. The predicted molar refractivity (Wildman–Crippen MR) is 79.3 cm³/mol. The Morgan fingerprint density at radius 2 is 2.19 bits per heavy atom. The van der Waals surface area contributed by atoms with Crippen LogP contribution >= 0.6 is 0 Å².